The Balaban J connectivity index is 1.72. The number of rotatable bonds is 8. The first-order chi connectivity index (χ1) is 19.9. The molecular formula is C28H13F8NO5. The molecule has 0 bridgehead atoms. The highest BCUT2D eigenvalue weighted by atomic mass is 19.2. The van der Waals surface area contributed by atoms with Gasteiger partial charge in [-0.3, -0.25) is 9.78 Å². The van der Waals surface area contributed by atoms with Gasteiger partial charge in [-0.15, -0.1) is 0 Å². The van der Waals surface area contributed by atoms with E-state index in [-0.39, 0.29) is 25.0 Å². The minimum atomic E-state index is -2.08. The summed E-state index contributed by atoms with van der Waals surface area (Å²) in [5, 5.41) is 0. The summed E-state index contributed by atoms with van der Waals surface area (Å²) in [5.41, 5.74) is -1.40. The Hall–Kier alpha value is -5.14. The molecule has 1 aromatic heterocycles. The molecule has 0 saturated heterocycles. The number of carbonyl (C=O) groups excluding carboxylic acids is 3. The number of aromatic nitrogens is 1. The molecule has 0 radical (unpaired) electrons. The lowest BCUT2D eigenvalue weighted by Crippen LogP contribution is -2.17. The van der Waals surface area contributed by atoms with Gasteiger partial charge in [-0.25, -0.2) is 27.2 Å². The molecule has 42 heavy (non-hydrogen) atoms. The third-order valence-corrected chi connectivity index (χ3v) is 5.65. The van der Waals surface area contributed by atoms with Crippen molar-refractivity contribution in [1.29, 1.82) is 0 Å². The van der Waals surface area contributed by atoms with E-state index in [4.69, 9.17) is 0 Å². The van der Waals surface area contributed by atoms with Crippen molar-refractivity contribution in [2.24, 2.45) is 0 Å². The van der Waals surface area contributed by atoms with Crippen LogP contribution >= 0.6 is 0 Å². The van der Waals surface area contributed by atoms with Crippen LogP contribution in [0.25, 0.3) is 0 Å². The number of carbonyl (C=O) groups is 3. The monoisotopic (exact) mass is 595 g/mol. The van der Waals surface area contributed by atoms with E-state index in [1.165, 1.54) is 12.4 Å². The van der Waals surface area contributed by atoms with E-state index in [1.807, 2.05) is 0 Å². The predicted octanol–water partition coefficient (Wildman–Crippen LogP) is 6.45. The molecule has 0 aliphatic heterocycles. The van der Waals surface area contributed by atoms with Crippen LogP contribution in [0.15, 0.2) is 54.9 Å². The van der Waals surface area contributed by atoms with Gasteiger partial charge in [-0.1, -0.05) is 0 Å². The summed E-state index contributed by atoms with van der Waals surface area (Å²) in [7, 11) is 0. The van der Waals surface area contributed by atoms with Crippen molar-refractivity contribution in [2.45, 2.75) is 12.8 Å². The molecule has 0 fully saturated rings. The van der Waals surface area contributed by atoms with Crippen LogP contribution in [0.2, 0.25) is 0 Å². The molecular weight excluding hydrogens is 582 g/mol. The van der Waals surface area contributed by atoms with Crippen LogP contribution in [0, 0.1) is 46.5 Å². The molecule has 14 heteroatoms. The van der Waals surface area contributed by atoms with Crippen molar-refractivity contribution in [1.82, 2.24) is 4.98 Å². The van der Waals surface area contributed by atoms with Gasteiger partial charge in [-0.05, 0) is 42.3 Å². The zero-order valence-electron chi connectivity index (χ0n) is 20.6. The maximum atomic E-state index is 14.1. The fourth-order valence-electron chi connectivity index (χ4n) is 3.56. The Labute approximate surface area is 230 Å². The summed E-state index contributed by atoms with van der Waals surface area (Å²) in [6.45, 7) is 0. The third-order valence-electron chi connectivity index (χ3n) is 5.65. The van der Waals surface area contributed by atoms with Gasteiger partial charge in [0.15, 0.2) is 29.1 Å². The van der Waals surface area contributed by atoms with E-state index in [9.17, 15) is 49.5 Å². The average molecular weight is 595 g/mol. The van der Waals surface area contributed by atoms with Crippen LogP contribution < -0.4 is 9.47 Å². The summed E-state index contributed by atoms with van der Waals surface area (Å²) in [4.78, 5) is 42.2. The Bertz CT molecular complexity index is 1580. The highest BCUT2D eigenvalue weighted by Crippen LogP contribution is 2.29. The molecule has 0 amide bonds. The predicted molar refractivity (Wildman–Crippen MR) is 126 cm³/mol. The number of hydrogen-bond acceptors (Lipinski definition) is 6. The molecule has 6 nitrogen and oxygen atoms in total. The zero-order valence-corrected chi connectivity index (χ0v) is 20.6. The second-order valence-electron chi connectivity index (χ2n) is 8.45. The summed E-state index contributed by atoms with van der Waals surface area (Å²) in [6, 6.07) is 5.04. The number of Topliss-reactive ketones (excluding diaryl/α,β-unsaturated/α-hetero) is 1. The van der Waals surface area contributed by atoms with E-state index in [0.29, 0.717) is 11.6 Å². The van der Waals surface area contributed by atoms with Gasteiger partial charge >= 0.3 is 11.9 Å². The number of ether oxygens (including phenoxy) is 2. The van der Waals surface area contributed by atoms with Crippen LogP contribution in [0.3, 0.4) is 0 Å². The van der Waals surface area contributed by atoms with Gasteiger partial charge in [0.05, 0.1) is 11.1 Å². The van der Waals surface area contributed by atoms with Crippen LogP contribution in [-0.4, -0.2) is 22.7 Å². The first kappa shape index (κ1) is 29.8. The molecule has 0 spiro atoms. The average Bonchev–Trinajstić information content (AvgIpc) is 2.98. The molecule has 3 aromatic carbocycles. The van der Waals surface area contributed by atoms with Crippen LogP contribution in [0.4, 0.5) is 35.1 Å². The van der Waals surface area contributed by atoms with Crippen LogP contribution in [0.5, 0.6) is 11.5 Å². The second-order valence-corrected chi connectivity index (χ2v) is 8.45. The molecule has 4 rings (SSSR count). The van der Waals surface area contributed by atoms with Gasteiger partial charge in [0.25, 0.3) is 0 Å². The van der Waals surface area contributed by atoms with E-state index < -0.39 is 92.4 Å². The Morgan fingerprint density at radius 1 is 0.571 bits per heavy atom. The summed E-state index contributed by atoms with van der Waals surface area (Å²) < 4.78 is 119. The number of hydrogen-bond donors (Lipinski definition) is 0. The van der Waals surface area contributed by atoms with Gasteiger partial charge in [-0.2, -0.15) is 17.6 Å². The summed E-state index contributed by atoms with van der Waals surface area (Å²) >= 11 is 0. The van der Waals surface area contributed by atoms with E-state index in [1.54, 1.807) is 12.1 Å². The first-order valence-corrected chi connectivity index (χ1v) is 11.5. The van der Waals surface area contributed by atoms with Crippen LogP contribution in [0.1, 0.15) is 43.1 Å². The molecule has 0 saturated carbocycles. The fourth-order valence-corrected chi connectivity index (χ4v) is 3.56. The van der Waals surface area contributed by atoms with E-state index >= 15 is 0 Å². The molecule has 0 N–H and O–H groups in total. The summed E-state index contributed by atoms with van der Waals surface area (Å²) in [6.07, 6.45) is 2.79. The molecule has 216 valence electrons. The van der Waals surface area contributed by atoms with Crippen molar-refractivity contribution in [2.75, 3.05) is 0 Å². The molecule has 0 atom stereocenters. The number of pyridine rings is 1. The largest absolute Gasteiger partial charge is 0.416 e. The number of esters is 2. The van der Waals surface area contributed by atoms with Gasteiger partial charge in [0.2, 0.25) is 34.8 Å². The minimum absolute atomic E-state index is 0.133. The van der Waals surface area contributed by atoms with E-state index in [0.717, 1.165) is 12.1 Å². The fraction of sp³-hybridized carbons (Fsp3) is 0.0714. The highest BCUT2D eigenvalue weighted by molar-refractivity contribution is 6.03. The Morgan fingerprint density at radius 3 is 1.36 bits per heavy atom. The number of ketones is 1. The smallest absolute Gasteiger partial charge is 0.343 e. The molecule has 0 aliphatic rings. The molecule has 0 unspecified atom stereocenters. The Morgan fingerprint density at radius 2 is 0.952 bits per heavy atom. The minimum Gasteiger partial charge on any atom is -0.416 e. The van der Waals surface area contributed by atoms with E-state index in [2.05, 4.69) is 14.5 Å². The number of halogens is 8. The highest BCUT2D eigenvalue weighted by Gasteiger charge is 2.27. The normalized spacial score (nSPS) is 10.9. The lowest BCUT2D eigenvalue weighted by Gasteiger charge is -2.12. The lowest BCUT2D eigenvalue weighted by atomic mass is 9.99. The number of benzene rings is 3. The maximum Gasteiger partial charge on any atom is 0.343 e. The quantitative estimate of drug-likeness (QED) is 0.0766. The molecule has 1 heterocycles. The number of nitrogens with zero attached hydrogens (tertiary/aromatic N) is 1. The first-order valence-electron chi connectivity index (χ1n) is 11.5. The molecule has 4 aromatic rings. The number of aryl methyl sites for hydroxylation is 1. The van der Waals surface area contributed by atoms with Crippen molar-refractivity contribution in [3.05, 3.63) is 124 Å². The van der Waals surface area contributed by atoms with Crippen molar-refractivity contribution < 1.29 is 59.0 Å². The summed E-state index contributed by atoms with van der Waals surface area (Å²) in [5.74, 6) is -23.7. The third kappa shape index (κ3) is 6.27. The topological polar surface area (TPSA) is 82.6 Å². The maximum absolute atomic E-state index is 14.1. The van der Waals surface area contributed by atoms with Crippen molar-refractivity contribution in [3.63, 3.8) is 0 Å². The zero-order chi connectivity index (χ0) is 30.7. The van der Waals surface area contributed by atoms with Gasteiger partial charge < -0.3 is 9.47 Å². The van der Waals surface area contributed by atoms with Crippen molar-refractivity contribution in [3.8, 4) is 11.5 Å². The standard InChI is InChI=1S/C28H13F8NO5/c29-16-10-17(30)22(34)25(21(16)33)41-27(39)14-7-13(20(38)2-1-12-3-5-37-6-4-12)8-15(9-14)28(40)42-26-23(35)18(31)11-19(32)24(26)36/h3-11H,1-2H2. The van der Waals surface area contributed by atoms with Gasteiger partial charge in [0.1, 0.15) is 0 Å². The van der Waals surface area contributed by atoms with Crippen LogP contribution in [-0.2, 0) is 6.42 Å². The Kier molecular flexibility index (Phi) is 8.64. The SMILES string of the molecule is O=C(CCc1ccncc1)c1cc(C(=O)Oc2c(F)c(F)cc(F)c2F)cc(C(=O)Oc2c(F)c(F)cc(F)c2F)c1. The van der Waals surface area contributed by atoms with Crippen molar-refractivity contribution >= 4 is 17.7 Å². The lowest BCUT2D eigenvalue weighted by molar-refractivity contribution is 0.0716. The van der Waals surface area contributed by atoms with Gasteiger partial charge in [0, 0.05) is 36.5 Å². The second kappa shape index (κ2) is 12.2. The molecule has 0 aliphatic carbocycles.